The number of nitrogens with one attached hydrogen (secondary N) is 1. The van der Waals surface area contributed by atoms with Crippen molar-refractivity contribution in [1.29, 1.82) is 0 Å². The standard InChI is InChI=1S/C11H14N6O2/c1-6-7(12)3-4-8(14-6)10-9(5-13-11(18)19)17(2)16-15-10/h3-4,13H,5,12H2,1-2H3,(H,18,19). The number of rotatable bonds is 3. The number of aryl methyl sites for hydroxylation is 2. The first-order valence-corrected chi connectivity index (χ1v) is 5.58. The molecule has 19 heavy (non-hydrogen) atoms. The normalized spacial score (nSPS) is 10.4. The highest BCUT2D eigenvalue weighted by Gasteiger charge is 2.15. The van der Waals surface area contributed by atoms with E-state index in [0.29, 0.717) is 28.5 Å². The van der Waals surface area contributed by atoms with Crippen molar-refractivity contribution in [2.24, 2.45) is 7.05 Å². The zero-order valence-electron chi connectivity index (χ0n) is 10.6. The van der Waals surface area contributed by atoms with E-state index in [-0.39, 0.29) is 6.54 Å². The molecule has 8 heteroatoms. The molecule has 0 saturated heterocycles. The van der Waals surface area contributed by atoms with Crippen LogP contribution in [0, 0.1) is 6.92 Å². The van der Waals surface area contributed by atoms with Gasteiger partial charge < -0.3 is 16.2 Å². The van der Waals surface area contributed by atoms with Crippen LogP contribution in [0.25, 0.3) is 11.4 Å². The maximum absolute atomic E-state index is 10.6. The van der Waals surface area contributed by atoms with Gasteiger partial charge >= 0.3 is 6.09 Å². The van der Waals surface area contributed by atoms with Gasteiger partial charge in [-0.15, -0.1) is 5.10 Å². The Morgan fingerprint density at radius 2 is 2.26 bits per heavy atom. The molecule has 0 spiro atoms. The van der Waals surface area contributed by atoms with Crippen molar-refractivity contribution < 1.29 is 9.90 Å². The number of nitrogen functional groups attached to an aromatic ring is 1. The van der Waals surface area contributed by atoms with Gasteiger partial charge in [0.1, 0.15) is 5.69 Å². The lowest BCUT2D eigenvalue weighted by molar-refractivity contribution is 0.193. The Labute approximate surface area is 109 Å². The van der Waals surface area contributed by atoms with E-state index < -0.39 is 6.09 Å². The van der Waals surface area contributed by atoms with Crippen LogP contribution in [0.4, 0.5) is 10.5 Å². The first-order valence-electron chi connectivity index (χ1n) is 5.58. The molecule has 4 N–H and O–H groups in total. The van der Waals surface area contributed by atoms with Gasteiger partial charge in [-0.1, -0.05) is 5.21 Å². The third kappa shape index (κ3) is 2.62. The first kappa shape index (κ1) is 12.8. The number of carbonyl (C=O) groups is 1. The van der Waals surface area contributed by atoms with E-state index in [1.54, 1.807) is 26.1 Å². The molecule has 0 atom stereocenters. The lowest BCUT2D eigenvalue weighted by Crippen LogP contribution is -2.22. The Hall–Kier alpha value is -2.64. The molecule has 0 aliphatic heterocycles. The molecule has 0 saturated carbocycles. The van der Waals surface area contributed by atoms with Gasteiger partial charge in [0.05, 0.1) is 29.3 Å². The third-order valence-electron chi connectivity index (χ3n) is 2.72. The number of amides is 1. The lowest BCUT2D eigenvalue weighted by atomic mass is 10.2. The zero-order valence-corrected chi connectivity index (χ0v) is 10.6. The molecule has 100 valence electrons. The second-order valence-corrected chi connectivity index (χ2v) is 4.04. The van der Waals surface area contributed by atoms with Gasteiger partial charge in [-0.25, -0.2) is 14.5 Å². The van der Waals surface area contributed by atoms with Gasteiger partial charge in [0.15, 0.2) is 0 Å². The molecule has 0 fully saturated rings. The maximum atomic E-state index is 10.6. The summed E-state index contributed by atoms with van der Waals surface area (Å²) >= 11 is 0. The molecule has 0 aliphatic carbocycles. The number of pyridine rings is 1. The third-order valence-corrected chi connectivity index (χ3v) is 2.72. The van der Waals surface area contributed by atoms with Gasteiger partial charge in [-0.2, -0.15) is 0 Å². The lowest BCUT2D eigenvalue weighted by Gasteiger charge is -2.05. The van der Waals surface area contributed by atoms with E-state index in [1.807, 2.05) is 0 Å². The minimum absolute atomic E-state index is 0.110. The fraction of sp³-hybridized carbons (Fsp3) is 0.273. The summed E-state index contributed by atoms with van der Waals surface area (Å²) in [4.78, 5) is 14.9. The largest absolute Gasteiger partial charge is 0.465 e. The fourth-order valence-corrected chi connectivity index (χ4v) is 1.64. The molecular formula is C11H14N6O2. The Kier molecular flexibility index (Phi) is 3.32. The number of carboxylic acid groups (broad SMARTS) is 1. The Morgan fingerprint density at radius 1 is 1.53 bits per heavy atom. The van der Waals surface area contributed by atoms with Crippen LogP contribution >= 0.6 is 0 Å². The number of hydrogen-bond acceptors (Lipinski definition) is 5. The van der Waals surface area contributed by atoms with Gasteiger partial charge in [-0.05, 0) is 19.1 Å². The highest BCUT2D eigenvalue weighted by Crippen LogP contribution is 2.21. The Bertz CT molecular complexity index is 622. The molecule has 0 radical (unpaired) electrons. The minimum Gasteiger partial charge on any atom is -0.465 e. The van der Waals surface area contributed by atoms with Crippen molar-refractivity contribution >= 4 is 11.8 Å². The van der Waals surface area contributed by atoms with Gasteiger partial charge in [-0.3, -0.25) is 0 Å². The molecule has 2 aromatic rings. The molecule has 8 nitrogen and oxygen atoms in total. The average Bonchev–Trinajstić information content (AvgIpc) is 2.71. The van der Waals surface area contributed by atoms with Crippen LogP contribution in [-0.4, -0.2) is 31.2 Å². The topological polar surface area (TPSA) is 119 Å². The molecule has 2 rings (SSSR count). The first-order chi connectivity index (χ1) is 8.99. The van der Waals surface area contributed by atoms with Gasteiger partial charge in [0.25, 0.3) is 0 Å². The van der Waals surface area contributed by atoms with Gasteiger partial charge in [0.2, 0.25) is 0 Å². The average molecular weight is 262 g/mol. The van der Waals surface area contributed by atoms with Crippen LogP contribution < -0.4 is 11.1 Å². The zero-order chi connectivity index (χ0) is 14.0. The number of nitrogens with two attached hydrogens (primary N) is 1. The molecule has 1 amide bonds. The van der Waals surface area contributed by atoms with E-state index in [9.17, 15) is 4.79 Å². The molecule has 2 aromatic heterocycles. The summed E-state index contributed by atoms with van der Waals surface area (Å²) in [6.07, 6.45) is -1.10. The van der Waals surface area contributed by atoms with Crippen molar-refractivity contribution in [3.05, 3.63) is 23.5 Å². The number of nitrogens with zero attached hydrogens (tertiary/aromatic N) is 4. The summed E-state index contributed by atoms with van der Waals surface area (Å²) in [5.41, 5.74) is 8.80. The summed E-state index contributed by atoms with van der Waals surface area (Å²) in [5, 5.41) is 18.8. The monoisotopic (exact) mass is 262 g/mol. The number of aromatic nitrogens is 4. The summed E-state index contributed by atoms with van der Waals surface area (Å²) < 4.78 is 1.51. The molecule has 0 aliphatic rings. The quantitative estimate of drug-likeness (QED) is 0.742. The van der Waals surface area contributed by atoms with E-state index in [0.717, 1.165) is 0 Å². The van der Waals surface area contributed by atoms with Crippen molar-refractivity contribution in [3.63, 3.8) is 0 Å². The van der Waals surface area contributed by atoms with Crippen molar-refractivity contribution in [2.75, 3.05) is 5.73 Å². The van der Waals surface area contributed by atoms with E-state index in [4.69, 9.17) is 10.8 Å². The van der Waals surface area contributed by atoms with Crippen LogP contribution in [0.1, 0.15) is 11.4 Å². The summed E-state index contributed by atoms with van der Waals surface area (Å²) in [7, 11) is 1.69. The van der Waals surface area contributed by atoms with Crippen molar-refractivity contribution in [2.45, 2.75) is 13.5 Å². The predicted octanol–water partition coefficient (Wildman–Crippen LogP) is 0.535. The summed E-state index contributed by atoms with van der Waals surface area (Å²) in [5.74, 6) is 0. The molecule has 0 unspecified atom stereocenters. The van der Waals surface area contributed by atoms with Crippen LogP contribution in [0.15, 0.2) is 12.1 Å². The maximum Gasteiger partial charge on any atom is 0.404 e. The van der Waals surface area contributed by atoms with E-state index in [1.165, 1.54) is 4.68 Å². The van der Waals surface area contributed by atoms with Gasteiger partial charge in [0, 0.05) is 7.05 Å². The minimum atomic E-state index is -1.10. The van der Waals surface area contributed by atoms with E-state index >= 15 is 0 Å². The fourth-order valence-electron chi connectivity index (χ4n) is 1.64. The number of hydrogen-bond donors (Lipinski definition) is 3. The van der Waals surface area contributed by atoms with Crippen LogP contribution in [0.2, 0.25) is 0 Å². The second kappa shape index (κ2) is 4.92. The molecular weight excluding hydrogens is 248 g/mol. The van der Waals surface area contributed by atoms with Crippen LogP contribution in [-0.2, 0) is 13.6 Å². The number of anilines is 1. The Balaban J connectivity index is 2.38. The Morgan fingerprint density at radius 3 is 2.89 bits per heavy atom. The molecule has 0 aromatic carbocycles. The SMILES string of the molecule is Cc1nc(-c2nnn(C)c2CNC(=O)O)ccc1N. The van der Waals surface area contributed by atoms with Crippen LogP contribution in [0.3, 0.4) is 0 Å². The smallest absolute Gasteiger partial charge is 0.404 e. The van der Waals surface area contributed by atoms with Crippen molar-refractivity contribution in [1.82, 2.24) is 25.3 Å². The second-order valence-electron chi connectivity index (χ2n) is 4.04. The highest BCUT2D eigenvalue weighted by molar-refractivity contribution is 5.65. The predicted molar refractivity (Wildman–Crippen MR) is 68.2 cm³/mol. The molecule has 0 bridgehead atoms. The summed E-state index contributed by atoms with van der Waals surface area (Å²) in [6, 6.07) is 3.47. The highest BCUT2D eigenvalue weighted by atomic mass is 16.4. The summed E-state index contributed by atoms with van der Waals surface area (Å²) in [6.45, 7) is 1.91. The van der Waals surface area contributed by atoms with E-state index in [2.05, 4.69) is 20.6 Å². The van der Waals surface area contributed by atoms with Crippen LogP contribution in [0.5, 0.6) is 0 Å². The van der Waals surface area contributed by atoms with Crippen molar-refractivity contribution in [3.8, 4) is 11.4 Å². The molecule has 2 heterocycles.